The van der Waals surface area contributed by atoms with Crippen LogP contribution in [0.1, 0.15) is 103 Å². The summed E-state index contributed by atoms with van der Waals surface area (Å²) in [5.41, 5.74) is 0. The van der Waals surface area contributed by atoms with Crippen LogP contribution in [0.4, 0.5) is 26.3 Å². The molecule has 40 heavy (non-hydrogen) atoms. The smallest absolute Gasteiger partial charge is 0.481 e. The third-order valence-electron chi connectivity index (χ3n) is 5.00. The Morgan fingerprint density at radius 1 is 0.600 bits per heavy atom. The minimum absolute atomic E-state index is 0.251. The quantitative estimate of drug-likeness (QED) is 0.0965. The molecule has 0 aromatic rings. The van der Waals surface area contributed by atoms with Gasteiger partial charge in [-0.2, -0.15) is 26.3 Å². The number of rotatable bonds is 18. The summed E-state index contributed by atoms with van der Waals surface area (Å²) in [6, 6.07) is -1.35. The van der Waals surface area contributed by atoms with Crippen LogP contribution in [0.25, 0.3) is 0 Å². The van der Waals surface area contributed by atoms with Gasteiger partial charge in [0.05, 0.1) is 6.42 Å². The fourth-order valence-corrected chi connectivity index (χ4v) is 2.94. The van der Waals surface area contributed by atoms with Crippen LogP contribution in [0.3, 0.4) is 0 Å². The molecule has 10 nitrogen and oxygen atoms in total. The number of aliphatic carboxylic acids is 4. The van der Waals surface area contributed by atoms with Gasteiger partial charge in [0.15, 0.2) is 0 Å². The standard InChI is InChI=1S/C20H37NO5.2C2HF3O2/c1-2-3-4-5-6-7-8-9-10-11-12-13-14-15-18(22)21-17(20(25)26)16-19(23)24;2*3-2(4,5)1(6)7/h17H,2-16H2,1H3,(H,21,22)(H,23,24)(H,25,26);2*(H,6,7)/t17-;;/m0../s1. The molecule has 0 aliphatic heterocycles. The predicted molar refractivity (Wildman–Crippen MR) is 130 cm³/mol. The summed E-state index contributed by atoms with van der Waals surface area (Å²) < 4.78 is 63.5. The number of carbonyl (C=O) groups excluding carboxylic acids is 1. The largest absolute Gasteiger partial charge is 0.490 e. The van der Waals surface area contributed by atoms with Gasteiger partial charge in [0.25, 0.3) is 0 Å². The highest BCUT2D eigenvalue weighted by Crippen LogP contribution is 2.14. The molecule has 0 rings (SSSR count). The van der Waals surface area contributed by atoms with Crippen molar-refractivity contribution in [3.8, 4) is 0 Å². The molecule has 0 fully saturated rings. The second-order valence-corrected chi connectivity index (χ2v) is 8.65. The number of carboxylic acid groups (broad SMARTS) is 4. The Kier molecular flexibility index (Phi) is 24.6. The molecule has 236 valence electrons. The van der Waals surface area contributed by atoms with Crippen LogP contribution in [-0.4, -0.2) is 68.6 Å². The Morgan fingerprint density at radius 3 is 1.15 bits per heavy atom. The van der Waals surface area contributed by atoms with Crippen molar-refractivity contribution in [1.29, 1.82) is 0 Å². The van der Waals surface area contributed by atoms with Gasteiger partial charge >= 0.3 is 36.2 Å². The van der Waals surface area contributed by atoms with Crippen molar-refractivity contribution in [3.63, 3.8) is 0 Å². The number of unbranched alkanes of at least 4 members (excludes halogenated alkanes) is 12. The Morgan fingerprint density at radius 2 is 0.900 bits per heavy atom. The van der Waals surface area contributed by atoms with Crippen LogP contribution in [-0.2, 0) is 24.0 Å². The van der Waals surface area contributed by atoms with Gasteiger partial charge in [-0.05, 0) is 6.42 Å². The summed E-state index contributed by atoms with van der Waals surface area (Å²) in [4.78, 5) is 50.9. The van der Waals surface area contributed by atoms with E-state index in [0.717, 1.165) is 12.8 Å². The van der Waals surface area contributed by atoms with E-state index in [9.17, 15) is 40.7 Å². The van der Waals surface area contributed by atoms with E-state index in [1.807, 2.05) is 0 Å². The van der Waals surface area contributed by atoms with Crippen LogP contribution >= 0.6 is 0 Å². The number of halogens is 6. The highest BCUT2D eigenvalue weighted by molar-refractivity contribution is 5.86. The maximum Gasteiger partial charge on any atom is 0.490 e. The molecule has 0 radical (unpaired) electrons. The zero-order valence-electron chi connectivity index (χ0n) is 22.3. The maximum atomic E-state index is 11.7. The molecule has 16 heteroatoms. The first-order valence-corrected chi connectivity index (χ1v) is 12.7. The van der Waals surface area contributed by atoms with Gasteiger partial charge in [-0.3, -0.25) is 9.59 Å². The molecule has 0 spiro atoms. The highest BCUT2D eigenvalue weighted by atomic mass is 19.4. The zero-order valence-corrected chi connectivity index (χ0v) is 22.3. The maximum absolute atomic E-state index is 11.7. The Bertz CT molecular complexity index is 719. The van der Waals surface area contributed by atoms with E-state index in [-0.39, 0.29) is 12.3 Å². The van der Waals surface area contributed by atoms with Crippen molar-refractivity contribution in [1.82, 2.24) is 5.32 Å². The zero-order chi connectivity index (χ0) is 31.8. The van der Waals surface area contributed by atoms with Gasteiger partial charge in [0.1, 0.15) is 6.04 Å². The minimum Gasteiger partial charge on any atom is -0.481 e. The number of hydrogen-bond donors (Lipinski definition) is 5. The Hall–Kier alpha value is -3.07. The van der Waals surface area contributed by atoms with E-state index in [4.69, 9.17) is 30.0 Å². The number of nitrogens with one attached hydrogen (secondary N) is 1. The first kappa shape index (κ1) is 41.4. The van der Waals surface area contributed by atoms with Gasteiger partial charge in [0.2, 0.25) is 5.91 Å². The first-order chi connectivity index (χ1) is 18.4. The molecular formula is C24H39F6NO9. The van der Waals surface area contributed by atoms with Crippen molar-refractivity contribution < 1.29 is 70.7 Å². The van der Waals surface area contributed by atoms with Crippen molar-refractivity contribution in [2.24, 2.45) is 0 Å². The first-order valence-electron chi connectivity index (χ1n) is 12.7. The molecule has 0 saturated carbocycles. The summed E-state index contributed by atoms with van der Waals surface area (Å²) >= 11 is 0. The molecular weight excluding hydrogens is 560 g/mol. The molecule has 0 aromatic heterocycles. The molecule has 1 amide bonds. The molecule has 0 aliphatic carbocycles. The molecule has 0 bridgehead atoms. The summed E-state index contributed by atoms with van der Waals surface area (Å²) in [6.45, 7) is 2.23. The summed E-state index contributed by atoms with van der Waals surface area (Å²) in [7, 11) is 0. The lowest BCUT2D eigenvalue weighted by Crippen LogP contribution is -2.42. The van der Waals surface area contributed by atoms with Crippen LogP contribution in [0.2, 0.25) is 0 Å². The lowest BCUT2D eigenvalue weighted by Gasteiger charge is -2.12. The normalized spacial score (nSPS) is 11.7. The van der Waals surface area contributed by atoms with E-state index in [0.29, 0.717) is 6.42 Å². The number of amides is 1. The summed E-state index contributed by atoms with van der Waals surface area (Å²) in [5.74, 6) is -8.45. The van der Waals surface area contributed by atoms with Crippen molar-refractivity contribution in [3.05, 3.63) is 0 Å². The fourth-order valence-electron chi connectivity index (χ4n) is 2.94. The third kappa shape index (κ3) is 31.1. The lowest BCUT2D eigenvalue weighted by molar-refractivity contribution is -0.193. The van der Waals surface area contributed by atoms with Crippen LogP contribution < -0.4 is 5.32 Å². The van der Waals surface area contributed by atoms with Gasteiger partial charge < -0.3 is 25.7 Å². The van der Waals surface area contributed by atoms with Crippen LogP contribution in [0.15, 0.2) is 0 Å². The van der Waals surface area contributed by atoms with E-state index in [1.54, 1.807) is 0 Å². The van der Waals surface area contributed by atoms with Crippen LogP contribution in [0, 0.1) is 0 Å². The Balaban J connectivity index is -0.000000795. The Labute approximate surface area is 228 Å². The SMILES string of the molecule is CCCCCCCCCCCCCCCC(=O)N[C@@H](CC(=O)O)C(=O)O.O=C(O)C(F)(F)F.O=C(O)C(F)(F)F. The second kappa shape index (κ2) is 23.8. The van der Waals surface area contributed by atoms with Gasteiger partial charge in [0, 0.05) is 6.42 Å². The fraction of sp³-hybridized carbons (Fsp3) is 0.792. The van der Waals surface area contributed by atoms with E-state index in [1.165, 1.54) is 64.2 Å². The van der Waals surface area contributed by atoms with Crippen LogP contribution in [0.5, 0.6) is 0 Å². The van der Waals surface area contributed by atoms with Crippen molar-refractivity contribution in [2.45, 2.75) is 122 Å². The van der Waals surface area contributed by atoms with E-state index >= 15 is 0 Å². The highest BCUT2D eigenvalue weighted by Gasteiger charge is 2.38. The summed E-state index contributed by atoms with van der Waals surface area (Å²) in [6.07, 6.45) is 5.32. The summed E-state index contributed by atoms with van der Waals surface area (Å²) in [5, 5.41) is 34.0. The second-order valence-electron chi connectivity index (χ2n) is 8.65. The van der Waals surface area contributed by atoms with Gasteiger partial charge in [-0.25, -0.2) is 14.4 Å². The molecule has 0 aliphatic rings. The van der Waals surface area contributed by atoms with E-state index < -0.39 is 48.7 Å². The average Bonchev–Trinajstić information content (AvgIpc) is 2.81. The van der Waals surface area contributed by atoms with Gasteiger partial charge in [-0.15, -0.1) is 0 Å². The average molecular weight is 600 g/mol. The molecule has 1 atom stereocenters. The third-order valence-corrected chi connectivity index (χ3v) is 5.00. The topological polar surface area (TPSA) is 178 Å². The monoisotopic (exact) mass is 599 g/mol. The lowest BCUT2D eigenvalue weighted by atomic mass is 10.0. The molecule has 0 heterocycles. The molecule has 0 unspecified atom stereocenters. The molecule has 0 saturated heterocycles. The molecule has 0 aromatic carbocycles. The van der Waals surface area contributed by atoms with E-state index in [2.05, 4.69) is 12.2 Å². The predicted octanol–water partition coefficient (Wildman–Crippen LogP) is 5.78. The van der Waals surface area contributed by atoms with Crippen molar-refractivity contribution in [2.75, 3.05) is 0 Å². The number of hydrogen-bond acceptors (Lipinski definition) is 5. The minimum atomic E-state index is -5.08. The van der Waals surface area contributed by atoms with Gasteiger partial charge in [-0.1, -0.05) is 84.0 Å². The number of carboxylic acids is 4. The number of carbonyl (C=O) groups is 5. The van der Waals surface area contributed by atoms with Crippen molar-refractivity contribution >= 4 is 29.8 Å². The molecule has 5 N–H and O–H groups in total. The number of alkyl halides is 6.